The van der Waals surface area contributed by atoms with Crippen LogP contribution in [0.25, 0.3) is 0 Å². The lowest BCUT2D eigenvalue weighted by Gasteiger charge is -2.31. The minimum absolute atomic E-state index is 0.0353. The normalized spacial score (nSPS) is 14.1. The summed E-state index contributed by atoms with van der Waals surface area (Å²) in [6, 6.07) is 22.8. The van der Waals surface area contributed by atoms with Gasteiger partial charge in [0, 0.05) is 37.5 Å². The van der Waals surface area contributed by atoms with Crippen molar-refractivity contribution in [2.24, 2.45) is 0 Å². The first-order valence-electron chi connectivity index (χ1n) is 12.7. The second-order valence-electron chi connectivity index (χ2n) is 9.51. The number of nitrogens with zero attached hydrogens (tertiary/aromatic N) is 1. The molecule has 1 fully saturated rings. The van der Waals surface area contributed by atoms with Crippen LogP contribution in [-0.4, -0.2) is 44.3 Å². The van der Waals surface area contributed by atoms with Crippen LogP contribution in [0.15, 0.2) is 83.8 Å². The maximum absolute atomic E-state index is 13.6. The molecule has 1 aliphatic carbocycles. The summed E-state index contributed by atoms with van der Waals surface area (Å²) in [4.78, 5) is 28.4. The van der Waals surface area contributed by atoms with Crippen molar-refractivity contribution in [2.45, 2.75) is 55.6 Å². The standard InChI is InChI=1S/C29H32ClN3O4S/c1-31-29(35)27(19-22-5-3-2-4-6-22)33(20-23-7-12-24(30)13-8-23)28(34)18-11-21-9-16-26(17-10-21)38(36,37)32-25-14-15-25/h2-10,12-13,16-17,25,27,32H,11,14-15,18-20H2,1H3,(H,31,35)/t27-/m1/s1. The first-order valence-corrected chi connectivity index (χ1v) is 14.5. The SMILES string of the molecule is CNC(=O)[C@@H](Cc1ccccc1)N(Cc1ccc(Cl)cc1)C(=O)CCc1ccc(S(=O)(=O)NC2CC2)cc1. The predicted octanol–water partition coefficient (Wildman–Crippen LogP) is 4.10. The van der Waals surface area contributed by atoms with E-state index in [-0.39, 0.29) is 35.7 Å². The Hall–Kier alpha value is -3.20. The van der Waals surface area contributed by atoms with Gasteiger partial charge in [0.2, 0.25) is 21.8 Å². The molecule has 1 saturated carbocycles. The molecule has 0 radical (unpaired) electrons. The van der Waals surface area contributed by atoms with E-state index in [2.05, 4.69) is 10.0 Å². The van der Waals surface area contributed by atoms with Crippen LogP contribution in [0.2, 0.25) is 5.02 Å². The van der Waals surface area contributed by atoms with Crippen molar-refractivity contribution < 1.29 is 18.0 Å². The van der Waals surface area contributed by atoms with Gasteiger partial charge in [0.05, 0.1) is 4.90 Å². The Balaban J connectivity index is 1.51. The van der Waals surface area contributed by atoms with E-state index in [0.717, 1.165) is 29.5 Å². The first-order chi connectivity index (χ1) is 18.2. The van der Waals surface area contributed by atoms with Crippen LogP contribution in [-0.2, 0) is 39.0 Å². The summed E-state index contributed by atoms with van der Waals surface area (Å²) >= 11 is 6.05. The van der Waals surface area contributed by atoms with E-state index in [1.165, 1.54) is 0 Å². The van der Waals surface area contributed by atoms with E-state index >= 15 is 0 Å². The third kappa shape index (κ3) is 7.66. The zero-order chi connectivity index (χ0) is 27.1. The van der Waals surface area contributed by atoms with Gasteiger partial charge in [-0.3, -0.25) is 9.59 Å². The molecule has 9 heteroatoms. The van der Waals surface area contributed by atoms with Crippen molar-refractivity contribution in [1.29, 1.82) is 0 Å². The number of halogens is 1. The molecule has 2 N–H and O–H groups in total. The van der Waals surface area contributed by atoms with Gasteiger partial charge in [-0.15, -0.1) is 0 Å². The number of benzene rings is 3. The number of amides is 2. The minimum Gasteiger partial charge on any atom is -0.357 e. The summed E-state index contributed by atoms with van der Waals surface area (Å²) < 4.78 is 27.6. The zero-order valence-corrected chi connectivity index (χ0v) is 22.8. The maximum atomic E-state index is 13.6. The zero-order valence-electron chi connectivity index (χ0n) is 21.3. The summed E-state index contributed by atoms with van der Waals surface area (Å²) in [7, 11) is -1.96. The Bertz CT molecular complexity index is 1340. The van der Waals surface area contributed by atoms with Crippen molar-refractivity contribution in [3.63, 3.8) is 0 Å². The number of likely N-dealkylation sites (N-methyl/N-ethyl adjacent to an activating group) is 1. The summed E-state index contributed by atoms with van der Waals surface area (Å²) in [6.45, 7) is 0.255. The molecule has 1 aliphatic rings. The molecule has 38 heavy (non-hydrogen) atoms. The van der Waals surface area contributed by atoms with E-state index in [4.69, 9.17) is 11.6 Å². The quantitative estimate of drug-likeness (QED) is 0.353. The fourth-order valence-electron chi connectivity index (χ4n) is 4.23. The first kappa shape index (κ1) is 27.8. The molecule has 0 bridgehead atoms. The third-order valence-electron chi connectivity index (χ3n) is 6.54. The van der Waals surface area contributed by atoms with E-state index < -0.39 is 16.1 Å². The number of carbonyl (C=O) groups is 2. The molecule has 3 aromatic carbocycles. The molecule has 4 rings (SSSR count). The lowest BCUT2D eigenvalue weighted by atomic mass is 10.0. The Morgan fingerprint density at radius 3 is 2.16 bits per heavy atom. The van der Waals surface area contributed by atoms with Crippen LogP contribution in [0.3, 0.4) is 0 Å². The molecule has 0 aliphatic heterocycles. The lowest BCUT2D eigenvalue weighted by molar-refractivity contribution is -0.141. The number of aryl methyl sites for hydroxylation is 1. The smallest absolute Gasteiger partial charge is 0.242 e. The molecule has 3 aromatic rings. The topological polar surface area (TPSA) is 95.6 Å². The predicted molar refractivity (Wildman–Crippen MR) is 148 cm³/mol. The fourth-order valence-corrected chi connectivity index (χ4v) is 5.66. The second kappa shape index (κ2) is 12.6. The highest BCUT2D eigenvalue weighted by Gasteiger charge is 2.30. The van der Waals surface area contributed by atoms with Crippen molar-refractivity contribution in [3.8, 4) is 0 Å². The summed E-state index contributed by atoms with van der Waals surface area (Å²) in [5, 5.41) is 3.30. The highest BCUT2D eigenvalue weighted by Crippen LogP contribution is 2.23. The summed E-state index contributed by atoms with van der Waals surface area (Å²) in [6.07, 6.45) is 2.70. The minimum atomic E-state index is -3.53. The molecule has 0 spiro atoms. The van der Waals surface area contributed by atoms with Crippen LogP contribution in [0.4, 0.5) is 0 Å². The molecule has 200 valence electrons. The number of rotatable bonds is 12. The van der Waals surface area contributed by atoms with Crippen LogP contribution in [0, 0.1) is 0 Å². The van der Waals surface area contributed by atoms with Gasteiger partial charge in [-0.05, 0) is 60.2 Å². The van der Waals surface area contributed by atoms with Gasteiger partial charge in [-0.25, -0.2) is 13.1 Å². The van der Waals surface area contributed by atoms with Gasteiger partial charge < -0.3 is 10.2 Å². The number of nitrogens with one attached hydrogen (secondary N) is 2. The van der Waals surface area contributed by atoms with Gasteiger partial charge in [0.15, 0.2) is 0 Å². The molecule has 0 aromatic heterocycles. The van der Waals surface area contributed by atoms with Crippen molar-refractivity contribution in [3.05, 3.63) is 101 Å². The van der Waals surface area contributed by atoms with Crippen molar-refractivity contribution >= 4 is 33.4 Å². The summed E-state index contributed by atoms with van der Waals surface area (Å²) in [5.41, 5.74) is 2.66. The van der Waals surface area contributed by atoms with Crippen molar-refractivity contribution in [1.82, 2.24) is 14.9 Å². The average Bonchev–Trinajstić information content (AvgIpc) is 3.74. The van der Waals surface area contributed by atoms with Crippen LogP contribution in [0.5, 0.6) is 0 Å². The lowest BCUT2D eigenvalue weighted by Crippen LogP contribution is -2.49. The second-order valence-corrected chi connectivity index (χ2v) is 11.7. The molecular weight excluding hydrogens is 522 g/mol. The van der Waals surface area contributed by atoms with Gasteiger partial charge in [0.1, 0.15) is 6.04 Å². The third-order valence-corrected chi connectivity index (χ3v) is 8.33. The van der Waals surface area contributed by atoms with Gasteiger partial charge >= 0.3 is 0 Å². The molecule has 7 nitrogen and oxygen atoms in total. The highest BCUT2D eigenvalue weighted by atomic mass is 35.5. The fraction of sp³-hybridized carbons (Fsp3) is 0.310. The largest absolute Gasteiger partial charge is 0.357 e. The van der Waals surface area contributed by atoms with Crippen molar-refractivity contribution in [2.75, 3.05) is 7.05 Å². The van der Waals surface area contributed by atoms with Crippen LogP contribution < -0.4 is 10.0 Å². The Morgan fingerprint density at radius 1 is 0.921 bits per heavy atom. The Labute approximate surface area is 229 Å². The van der Waals surface area contributed by atoms with Gasteiger partial charge in [0.25, 0.3) is 0 Å². The molecular formula is C29H32ClN3O4S. The van der Waals surface area contributed by atoms with Crippen LogP contribution in [0.1, 0.15) is 36.0 Å². The number of hydrogen-bond donors (Lipinski definition) is 2. The molecule has 2 amide bonds. The number of sulfonamides is 1. The van der Waals surface area contributed by atoms with Crippen LogP contribution >= 0.6 is 11.6 Å². The van der Waals surface area contributed by atoms with E-state index in [9.17, 15) is 18.0 Å². The maximum Gasteiger partial charge on any atom is 0.242 e. The highest BCUT2D eigenvalue weighted by molar-refractivity contribution is 7.89. The number of hydrogen-bond acceptors (Lipinski definition) is 4. The Kier molecular flexibility index (Phi) is 9.20. The average molecular weight is 554 g/mol. The molecule has 0 unspecified atom stereocenters. The van der Waals surface area contributed by atoms with Gasteiger partial charge in [-0.2, -0.15) is 0 Å². The van der Waals surface area contributed by atoms with Gasteiger partial charge in [-0.1, -0.05) is 66.2 Å². The molecule has 0 heterocycles. The van der Waals surface area contributed by atoms with E-state index in [1.807, 2.05) is 42.5 Å². The van der Waals surface area contributed by atoms with E-state index in [0.29, 0.717) is 17.9 Å². The molecule has 1 atom stereocenters. The van der Waals surface area contributed by atoms with E-state index in [1.54, 1.807) is 48.3 Å². The summed E-state index contributed by atoms with van der Waals surface area (Å²) in [5.74, 6) is -0.412. The Morgan fingerprint density at radius 2 is 1.55 bits per heavy atom. The number of carbonyl (C=O) groups excluding carboxylic acids is 2. The monoisotopic (exact) mass is 553 g/mol. The molecule has 0 saturated heterocycles.